The van der Waals surface area contributed by atoms with E-state index in [9.17, 15) is 19.2 Å². The molecule has 1 heterocycles. The number of carbonyl (C=O) groups excluding carboxylic acids is 4. The first-order chi connectivity index (χ1) is 15.1. The second-order valence-electron chi connectivity index (χ2n) is 8.65. The molecule has 1 aliphatic rings. The summed E-state index contributed by atoms with van der Waals surface area (Å²) in [7, 11) is 0. The van der Waals surface area contributed by atoms with E-state index in [0.717, 1.165) is 10.5 Å². The van der Waals surface area contributed by atoms with Crippen molar-refractivity contribution in [2.24, 2.45) is 0 Å². The summed E-state index contributed by atoms with van der Waals surface area (Å²) in [6.07, 6.45) is 0.0561. The zero-order valence-electron chi connectivity index (χ0n) is 18.8. The number of benzene rings is 2. The van der Waals surface area contributed by atoms with Gasteiger partial charge in [0.05, 0.1) is 30.7 Å². The highest BCUT2D eigenvalue weighted by molar-refractivity contribution is 6.23. The van der Waals surface area contributed by atoms with Crippen LogP contribution in [0.15, 0.2) is 54.6 Å². The maximum atomic E-state index is 13.3. The Kier molecular flexibility index (Phi) is 6.77. The van der Waals surface area contributed by atoms with Crippen molar-refractivity contribution in [2.45, 2.75) is 52.1 Å². The van der Waals surface area contributed by atoms with Crippen LogP contribution in [0, 0.1) is 0 Å². The molecule has 1 atom stereocenters. The zero-order chi connectivity index (χ0) is 23.5. The van der Waals surface area contributed by atoms with Crippen LogP contribution in [0.2, 0.25) is 0 Å². The molecule has 2 aromatic rings. The minimum absolute atomic E-state index is 0.0870. The predicted molar refractivity (Wildman–Crippen MR) is 120 cm³/mol. The molecule has 1 fully saturated rings. The van der Waals surface area contributed by atoms with Gasteiger partial charge in [-0.2, -0.15) is 0 Å². The fraction of sp³-hybridized carbons (Fsp3) is 0.360. The van der Waals surface area contributed by atoms with Gasteiger partial charge >= 0.3 is 5.97 Å². The summed E-state index contributed by atoms with van der Waals surface area (Å²) in [6.45, 7) is 7.53. The summed E-state index contributed by atoms with van der Waals surface area (Å²) < 4.78 is 4.97. The van der Waals surface area contributed by atoms with Crippen molar-refractivity contribution >= 4 is 29.4 Å². The van der Waals surface area contributed by atoms with Crippen LogP contribution in [-0.4, -0.2) is 46.8 Å². The Morgan fingerprint density at radius 3 is 2.22 bits per heavy atom. The van der Waals surface area contributed by atoms with Gasteiger partial charge in [0.1, 0.15) is 6.04 Å². The highest BCUT2D eigenvalue weighted by Crippen LogP contribution is 2.30. The molecule has 0 N–H and O–H groups in total. The van der Waals surface area contributed by atoms with Crippen molar-refractivity contribution in [3.8, 4) is 0 Å². The Bertz CT molecular complexity index is 1010. The largest absolute Gasteiger partial charge is 0.462 e. The number of esters is 1. The topological polar surface area (TPSA) is 84.0 Å². The van der Waals surface area contributed by atoms with E-state index in [1.165, 1.54) is 29.2 Å². The Balaban J connectivity index is 1.84. The van der Waals surface area contributed by atoms with Crippen molar-refractivity contribution < 1.29 is 23.9 Å². The molecule has 0 saturated carbocycles. The Labute approximate surface area is 188 Å². The highest BCUT2D eigenvalue weighted by Gasteiger charge is 2.47. The lowest BCUT2D eigenvalue weighted by Crippen LogP contribution is -2.55. The zero-order valence-corrected chi connectivity index (χ0v) is 18.8. The number of anilines is 1. The molecule has 32 heavy (non-hydrogen) atoms. The van der Waals surface area contributed by atoms with Crippen molar-refractivity contribution in [1.82, 2.24) is 4.90 Å². The molecule has 0 aliphatic carbocycles. The quantitative estimate of drug-likeness (QED) is 0.512. The average molecular weight is 437 g/mol. The Hall–Kier alpha value is -3.48. The van der Waals surface area contributed by atoms with Crippen LogP contribution in [0.25, 0.3) is 0 Å². The molecule has 3 rings (SSSR count). The molecule has 2 aromatic carbocycles. The fourth-order valence-corrected chi connectivity index (χ4v) is 3.92. The van der Waals surface area contributed by atoms with Gasteiger partial charge in [0, 0.05) is 5.54 Å². The minimum Gasteiger partial charge on any atom is -0.462 e. The van der Waals surface area contributed by atoms with E-state index in [1.807, 2.05) is 51.1 Å². The van der Waals surface area contributed by atoms with E-state index in [-0.39, 0.29) is 31.3 Å². The molecule has 7 heteroatoms. The Morgan fingerprint density at radius 1 is 1.03 bits per heavy atom. The van der Waals surface area contributed by atoms with E-state index < -0.39 is 23.5 Å². The van der Waals surface area contributed by atoms with Crippen LogP contribution < -0.4 is 4.90 Å². The smallest absolute Gasteiger partial charge is 0.338 e. The first-order valence-corrected chi connectivity index (χ1v) is 10.6. The van der Waals surface area contributed by atoms with Crippen LogP contribution in [0.3, 0.4) is 0 Å². The van der Waals surface area contributed by atoms with Gasteiger partial charge in [0.15, 0.2) is 0 Å². The molecule has 0 bridgehead atoms. The van der Waals surface area contributed by atoms with Gasteiger partial charge in [0.2, 0.25) is 11.8 Å². The lowest BCUT2D eigenvalue weighted by atomic mass is 9.99. The summed E-state index contributed by atoms with van der Waals surface area (Å²) >= 11 is 0. The van der Waals surface area contributed by atoms with Gasteiger partial charge in [0.25, 0.3) is 5.91 Å². The van der Waals surface area contributed by atoms with Gasteiger partial charge in [-0.1, -0.05) is 30.3 Å². The van der Waals surface area contributed by atoms with Crippen LogP contribution in [0.5, 0.6) is 0 Å². The molecule has 168 valence electrons. The van der Waals surface area contributed by atoms with Crippen molar-refractivity contribution in [3.63, 3.8) is 0 Å². The highest BCUT2D eigenvalue weighted by atomic mass is 16.5. The summed E-state index contributed by atoms with van der Waals surface area (Å²) in [6, 6.07) is 14.5. The normalized spacial score (nSPS) is 16.2. The molecule has 1 aliphatic heterocycles. The lowest BCUT2D eigenvalue weighted by molar-refractivity contribution is -0.143. The van der Waals surface area contributed by atoms with Crippen molar-refractivity contribution in [2.75, 3.05) is 11.5 Å². The van der Waals surface area contributed by atoms with Gasteiger partial charge in [-0.3, -0.25) is 14.4 Å². The average Bonchev–Trinajstić information content (AvgIpc) is 3.01. The maximum absolute atomic E-state index is 13.3. The predicted octanol–water partition coefficient (Wildman–Crippen LogP) is 3.37. The fourth-order valence-electron chi connectivity index (χ4n) is 3.92. The lowest BCUT2D eigenvalue weighted by Gasteiger charge is -2.39. The second-order valence-corrected chi connectivity index (χ2v) is 8.65. The number of rotatable bonds is 6. The molecular formula is C25H28N2O5. The third-order valence-electron chi connectivity index (χ3n) is 5.26. The number of carbonyl (C=O) groups is 4. The summed E-state index contributed by atoms with van der Waals surface area (Å²) in [5, 5.41) is 0. The third kappa shape index (κ3) is 4.88. The van der Waals surface area contributed by atoms with Crippen LogP contribution in [-0.2, 0) is 25.5 Å². The van der Waals surface area contributed by atoms with E-state index in [0.29, 0.717) is 11.3 Å². The van der Waals surface area contributed by atoms with Gasteiger partial charge < -0.3 is 9.64 Å². The second kappa shape index (κ2) is 9.34. The minimum atomic E-state index is -0.886. The molecule has 1 saturated heterocycles. The summed E-state index contributed by atoms with van der Waals surface area (Å²) in [4.78, 5) is 53.8. The van der Waals surface area contributed by atoms with E-state index in [1.54, 1.807) is 6.92 Å². The molecule has 3 amide bonds. The molecule has 7 nitrogen and oxygen atoms in total. The number of imide groups is 1. The first kappa shape index (κ1) is 23.2. The molecule has 0 spiro atoms. The SMILES string of the molecule is CCOC(=O)c1ccc(N2C(=O)CC(N(C(=O)Cc3ccccc3)C(C)(C)C)C2=O)cc1. The number of amides is 3. The van der Waals surface area contributed by atoms with Crippen LogP contribution >= 0.6 is 0 Å². The summed E-state index contributed by atoms with van der Waals surface area (Å²) in [5.74, 6) is -1.52. The number of nitrogens with zero attached hydrogens (tertiary/aromatic N) is 2. The molecular weight excluding hydrogens is 408 g/mol. The monoisotopic (exact) mass is 436 g/mol. The number of ether oxygens (including phenoxy) is 1. The molecule has 1 unspecified atom stereocenters. The Morgan fingerprint density at radius 2 is 1.66 bits per heavy atom. The molecule has 0 aromatic heterocycles. The van der Waals surface area contributed by atoms with Gasteiger partial charge in [-0.15, -0.1) is 0 Å². The summed E-state index contributed by atoms with van der Waals surface area (Å²) in [5.41, 5.74) is 0.881. The maximum Gasteiger partial charge on any atom is 0.338 e. The third-order valence-corrected chi connectivity index (χ3v) is 5.26. The van der Waals surface area contributed by atoms with Crippen LogP contribution in [0.4, 0.5) is 5.69 Å². The van der Waals surface area contributed by atoms with Crippen molar-refractivity contribution in [1.29, 1.82) is 0 Å². The standard InChI is InChI=1S/C25H28N2O5/c1-5-32-24(31)18-11-13-19(14-12-18)26-21(28)16-20(23(26)30)27(25(2,3)4)22(29)15-17-9-7-6-8-10-17/h6-14,20H,5,15-16H2,1-4H3. The number of hydrogen-bond donors (Lipinski definition) is 0. The van der Waals surface area contributed by atoms with E-state index in [4.69, 9.17) is 4.74 Å². The number of hydrogen-bond acceptors (Lipinski definition) is 5. The molecule has 0 radical (unpaired) electrons. The first-order valence-electron chi connectivity index (χ1n) is 10.6. The van der Waals surface area contributed by atoms with Gasteiger partial charge in [-0.05, 0) is 57.5 Å². The van der Waals surface area contributed by atoms with E-state index in [2.05, 4.69) is 0 Å². The van der Waals surface area contributed by atoms with Crippen molar-refractivity contribution in [3.05, 3.63) is 65.7 Å². The van der Waals surface area contributed by atoms with E-state index >= 15 is 0 Å². The van der Waals surface area contributed by atoms with Gasteiger partial charge in [-0.25, -0.2) is 9.69 Å². The van der Waals surface area contributed by atoms with Crippen LogP contribution in [0.1, 0.15) is 50.0 Å².